The smallest absolute Gasteiger partial charge is 0.129 e. The van der Waals surface area contributed by atoms with Crippen molar-refractivity contribution in [2.45, 2.75) is 32.2 Å². The summed E-state index contributed by atoms with van der Waals surface area (Å²) in [7, 11) is 0. The molecule has 1 aliphatic heterocycles. The summed E-state index contributed by atoms with van der Waals surface area (Å²) < 4.78 is 0. The Morgan fingerprint density at radius 1 is 1.36 bits per heavy atom. The van der Waals surface area contributed by atoms with Gasteiger partial charge >= 0.3 is 0 Å². The molecule has 4 heteroatoms. The number of nitrogens with one attached hydrogen (secondary N) is 2. The summed E-state index contributed by atoms with van der Waals surface area (Å²) in [4.78, 5) is 16.9. The third kappa shape index (κ3) is 3.76. The van der Waals surface area contributed by atoms with Crippen LogP contribution in [0.25, 0.3) is 10.9 Å². The van der Waals surface area contributed by atoms with Gasteiger partial charge in [0.05, 0.1) is 0 Å². The van der Waals surface area contributed by atoms with Gasteiger partial charge in [-0.15, -0.1) is 0 Å². The zero-order chi connectivity index (χ0) is 15.4. The van der Waals surface area contributed by atoms with Crippen molar-refractivity contribution in [2.75, 3.05) is 26.2 Å². The Morgan fingerprint density at radius 3 is 3.09 bits per heavy atom. The van der Waals surface area contributed by atoms with Crippen LogP contribution in [0.2, 0.25) is 0 Å². The van der Waals surface area contributed by atoms with Gasteiger partial charge in [-0.1, -0.05) is 18.2 Å². The molecular weight excluding hydrogens is 274 g/mol. The van der Waals surface area contributed by atoms with Crippen molar-refractivity contribution in [2.24, 2.45) is 0 Å². The molecule has 1 aromatic heterocycles. The Hall–Kier alpha value is -1.65. The molecule has 2 heterocycles. The number of piperazine rings is 1. The number of hydrogen-bond acceptors (Lipinski definition) is 3. The van der Waals surface area contributed by atoms with Gasteiger partial charge in [-0.3, -0.25) is 0 Å². The summed E-state index contributed by atoms with van der Waals surface area (Å²) >= 11 is 0. The zero-order valence-corrected chi connectivity index (χ0v) is 13.3. The molecular formula is C18H25N3O. The van der Waals surface area contributed by atoms with Crippen LogP contribution in [0.3, 0.4) is 0 Å². The van der Waals surface area contributed by atoms with Crippen LogP contribution in [0.5, 0.6) is 0 Å². The van der Waals surface area contributed by atoms with E-state index in [9.17, 15) is 4.79 Å². The topological polar surface area (TPSA) is 48.1 Å². The molecule has 2 aromatic rings. The lowest BCUT2D eigenvalue weighted by molar-refractivity contribution is -0.117. The van der Waals surface area contributed by atoms with E-state index in [-0.39, 0.29) is 0 Å². The number of carbonyl (C=O) groups is 1. The van der Waals surface area contributed by atoms with Crippen molar-refractivity contribution in [1.82, 2.24) is 15.2 Å². The van der Waals surface area contributed by atoms with Crippen LogP contribution in [-0.2, 0) is 11.2 Å². The van der Waals surface area contributed by atoms with E-state index >= 15 is 0 Å². The van der Waals surface area contributed by atoms with E-state index in [0.717, 1.165) is 39.0 Å². The fraction of sp³-hybridized carbons (Fsp3) is 0.500. The van der Waals surface area contributed by atoms with E-state index in [1.807, 2.05) is 0 Å². The number of para-hydroxylation sites is 1. The van der Waals surface area contributed by atoms with Gasteiger partial charge in [0.2, 0.25) is 0 Å². The maximum absolute atomic E-state index is 11.1. The van der Waals surface area contributed by atoms with Gasteiger partial charge in [-0.25, -0.2) is 0 Å². The SMILES string of the molecule is CC(=O)CCCN1CCNC(Cc2c[nH]c3ccccc23)C1. The third-order valence-corrected chi connectivity index (χ3v) is 4.48. The average molecular weight is 299 g/mol. The van der Waals surface area contributed by atoms with Gasteiger partial charge in [0.1, 0.15) is 5.78 Å². The fourth-order valence-corrected chi connectivity index (χ4v) is 3.35. The maximum Gasteiger partial charge on any atom is 0.129 e. The number of carbonyl (C=O) groups excluding carboxylic acids is 1. The van der Waals surface area contributed by atoms with Crippen LogP contribution in [0, 0.1) is 0 Å². The van der Waals surface area contributed by atoms with E-state index in [4.69, 9.17) is 0 Å². The Morgan fingerprint density at radius 2 is 2.23 bits per heavy atom. The molecule has 3 rings (SSSR count). The first-order chi connectivity index (χ1) is 10.7. The lowest BCUT2D eigenvalue weighted by Crippen LogP contribution is -2.51. The number of rotatable bonds is 6. The molecule has 0 saturated carbocycles. The second-order valence-corrected chi connectivity index (χ2v) is 6.32. The first-order valence-electron chi connectivity index (χ1n) is 8.22. The summed E-state index contributed by atoms with van der Waals surface area (Å²) in [6.07, 6.45) is 4.88. The van der Waals surface area contributed by atoms with Crippen molar-refractivity contribution >= 4 is 16.7 Å². The zero-order valence-electron chi connectivity index (χ0n) is 13.3. The van der Waals surface area contributed by atoms with E-state index in [2.05, 4.69) is 45.7 Å². The second kappa shape index (κ2) is 7.07. The number of aromatic nitrogens is 1. The van der Waals surface area contributed by atoms with E-state index in [1.54, 1.807) is 6.92 Å². The molecule has 0 aliphatic carbocycles. The Labute approximate surface area is 131 Å². The lowest BCUT2D eigenvalue weighted by atomic mass is 10.0. The minimum atomic E-state index is 0.297. The highest BCUT2D eigenvalue weighted by Crippen LogP contribution is 2.19. The first-order valence-corrected chi connectivity index (χ1v) is 8.22. The minimum absolute atomic E-state index is 0.297. The number of aromatic amines is 1. The predicted molar refractivity (Wildman–Crippen MR) is 90.1 cm³/mol. The van der Waals surface area contributed by atoms with Gasteiger partial charge < -0.3 is 20.0 Å². The maximum atomic E-state index is 11.1. The van der Waals surface area contributed by atoms with Gasteiger partial charge in [-0.05, 0) is 37.9 Å². The molecule has 22 heavy (non-hydrogen) atoms. The summed E-state index contributed by atoms with van der Waals surface area (Å²) in [5.74, 6) is 0.297. The summed E-state index contributed by atoms with van der Waals surface area (Å²) in [6.45, 7) is 5.90. The summed E-state index contributed by atoms with van der Waals surface area (Å²) in [5.41, 5.74) is 2.60. The molecule has 1 aromatic carbocycles. The lowest BCUT2D eigenvalue weighted by Gasteiger charge is -2.33. The first kappa shape index (κ1) is 15.3. The Bertz CT molecular complexity index is 634. The normalized spacial score (nSPS) is 19.6. The standard InChI is InChI=1S/C18H25N3O/c1-14(22)5-4-9-21-10-8-19-16(13-21)11-15-12-20-18-7-3-2-6-17(15)18/h2-3,6-7,12,16,19-20H,4-5,8-11,13H2,1H3. The van der Waals surface area contributed by atoms with E-state index in [1.165, 1.54) is 16.5 Å². The second-order valence-electron chi connectivity index (χ2n) is 6.32. The Balaban J connectivity index is 1.57. The molecule has 0 bridgehead atoms. The molecule has 4 nitrogen and oxygen atoms in total. The number of fused-ring (bicyclic) bond motifs is 1. The van der Waals surface area contributed by atoms with Crippen molar-refractivity contribution < 1.29 is 4.79 Å². The number of Topliss-reactive ketones (excluding diaryl/α,β-unsaturated/α-hetero) is 1. The van der Waals surface area contributed by atoms with Crippen molar-refractivity contribution in [1.29, 1.82) is 0 Å². The van der Waals surface area contributed by atoms with Crippen LogP contribution in [0.4, 0.5) is 0 Å². The highest BCUT2D eigenvalue weighted by atomic mass is 16.1. The van der Waals surface area contributed by atoms with Crippen LogP contribution in [-0.4, -0.2) is 47.9 Å². The van der Waals surface area contributed by atoms with Crippen LogP contribution in [0.1, 0.15) is 25.3 Å². The highest BCUT2D eigenvalue weighted by molar-refractivity contribution is 5.83. The molecule has 1 fully saturated rings. The largest absolute Gasteiger partial charge is 0.361 e. The van der Waals surface area contributed by atoms with E-state index < -0.39 is 0 Å². The number of H-pyrrole nitrogens is 1. The van der Waals surface area contributed by atoms with Crippen molar-refractivity contribution in [3.05, 3.63) is 36.0 Å². The quantitative estimate of drug-likeness (QED) is 0.861. The van der Waals surface area contributed by atoms with Crippen LogP contribution >= 0.6 is 0 Å². The molecule has 2 N–H and O–H groups in total. The average Bonchev–Trinajstić information content (AvgIpc) is 2.91. The van der Waals surface area contributed by atoms with Crippen molar-refractivity contribution in [3.8, 4) is 0 Å². The van der Waals surface area contributed by atoms with Crippen LogP contribution < -0.4 is 5.32 Å². The number of ketones is 1. The molecule has 0 amide bonds. The molecule has 1 atom stereocenters. The number of nitrogens with zero attached hydrogens (tertiary/aromatic N) is 1. The Kier molecular flexibility index (Phi) is 4.90. The molecule has 0 spiro atoms. The molecule has 1 saturated heterocycles. The van der Waals surface area contributed by atoms with Gasteiger partial charge in [0.25, 0.3) is 0 Å². The summed E-state index contributed by atoms with van der Waals surface area (Å²) in [6, 6.07) is 8.97. The van der Waals surface area contributed by atoms with Gasteiger partial charge in [0, 0.05) is 49.2 Å². The molecule has 118 valence electrons. The minimum Gasteiger partial charge on any atom is -0.361 e. The highest BCUT2D eigenvalue weighted by Gasteiger charge is 2.20. The molecule has 1 aliphatic rings. The van der Waals surface area contributed by atoms with Gasteiger partial charge in [-0.2, -0.15) is 0 Å². The van der Waals surface area contributed by atoms with E-state index in [0.29, 0.717) is 18.2 Å². The molecule has 1 unspecified atom stereocenters. The van der Waals surface area contributed by atoms with Gasteiger partial charge in [0.15, 0.2) is 0 Å². The van der Waals surface area contributed by atoms with Crippen LogP contribution in [0.15, 0.2) is 30.5 Å². The predicted octanol–water partition coefficient (Wildman–Crippen LogP) is 2.35. The number of hydrogen-bond donors (Lipinski definition) is 2. The monoisotopic (exact) mass is 299 g/mol. The molecule has 0 radical (unpaired) electrons. The third-order valence-electron chi connectivity index (χ3n) is 4.48. The summed E-state index contributed by atoms with van der Waals surface area (Å²) in [5, 5.41) is 4.96. The fourth-order valence-electron chi connectivity index (χ4n) is 3.35. The number of benzene rings is 1. The van der Waals surface area contributed by atoms with Crippen molar-refractivity contribution in [3.63, 3.8) is 0 Å².